The molecule has 2 aliphatic rings. The van der Waals surface area contributed by atoms with Crippen LogP contribution in [0.5, 0.6) is 0 Å². The Kier molecular flexibility index (Phi) is 5.36. The third kappa shape index (κ3) is 3.33. The number of rotatable bonds is 3. The topological polar surface area (TPSA) is 0 Å². The number of allylic oxidation sites excluding steroid dienone is 2. The van der Waals surface area contributed by atoms with Crippen LogP contribution in [0.4, 0.5) is 0 Å². The molecule has 0 spiro atoms. The number of hydrogen-bond acceptors (Lipinski definition) is 0. The third-order valence-electron chi connectivity index (χ3n) is 4.51. The van der Waals surface area contributed by atoms with Crippen molar-refractivity contribution in [2.45, 2.75) is 64.2 Å². The maximum absolute atomic E-state index is 2.89. The minimum Gasteiger partial charge on any atom is -0.134 e. The van der Waals surface area contributed by atoms with Crippen molar-refractivity contribution in [1.82, 2.24) is 0 Å². The van der Waals surface area contributed by atoms with Gasteiger partial charge < -0.3 is 0 Å². The lowest BCUT2D eigenvalue weighted by Gasteiger charge is -2.32. The van der Waals surface area contributed by atoms with Gasteiger partial charge in [-0.1, -0.05) is 50.2 Å². The predicted molar refractivity (Wildman–Crippen MR) is 75.8 cm³/mol. The van der Waals surface area contributed by atoms with Gasteiger partial charge in [0.05, 0.1) is 0 Å². The molecular formula is C15H27P. The first-order chi connectivity index (χ1) is 7.92. The normalized spacial score (nSPS) is 24.3. The van der Waals surface area contributed by atoms with Crippen LogP contribution >= 0.6 is 9.24 Å². The van der Waals surface area contributed by atoms with Crippen LogP contribution in [0.2, 0.25) is 0 Å². The van der Waals surface area contributed by atoms with Crippen LogP contribution < -0.4 is 0 Å². The second-order valence-electron chi connectivity index (χ2n) is 5.61. The molecule has 2 rings (SSSR count). The molecule has 0 aromatic heterocycles. The predicted octanol–water partition coefficient (Wildman–Crippen LogP) is 4.95. The lowest BCUT2D eigenvalue weighted by molar-refractivity contribution is 0.326. The van der Waals surface area contributed by atoms with Crippen molar-refractivity contribution in [3.8, 4) is 0 Å². The van der Waals surface area contributed by atoms with E-state index in [-0.39, 0.29) is 0 Å². The smallest absolute Gasteiger partial charge is 0.0197 e. The van der Waals surface area contributed by atoms with Crippen LogP contribution in [-0.2, 0) is 0 Å². The maximum atomic E-state index is 2.89. The van der Waals surface area contributed by atoms with Crippen molar-refractivity contribution in [2.24, 2.45) is 11.8 Å². The molecule has 0 aromatic rings. The summed E-state index contributed by atoms with van der Waals surface area (Å²) < 4.78 is 0. The highest BCUT2D eigenvalue weighted by atomic mass is 31.0. The standard InChI is InChI=1S/C15H27P/c16-12-11-15(13-7-3-1-4-8-13)14-9-5-2-6-10-14/h11,13-14H,1-10,12,16H2. The van der Waals surface area contributed by atoms with Gasteiger partial charge in [0.2, 0.25) is 0 Å². The van der Waals surface area contributed by atoms with E-state index in [4.69, 9.17) is 0 Å². The zero-order valence-electron chi connectivity index (χ0n) is 10.6. The highest BCUT2D eigenvalue weighted by molar-refractivity contribution is 7.16. The van der Waals surface area contributed by atoms with E-state index in [2.05, 4.69) is 15.3 Å². The summed E-state index contributed by atoms with van der Waals surface area (Å²) >= 11 is 0. The van der Waals surface area contributed by atoms with E-state index in [0.29, 0.717) is 0 Å². The molecule has 16 heavy (non-hydrogen) atoms. The lowest BCUT2D eigenvalue weighted by atomic mass is 9.73. The van der Waals surface area contributed by atoms with Crippen molar-refractivity contribution in [2.75, 3.05) is 6.16 Å². The molecule has 0 nitrogen and oxygen atoms in total. The van der Waals surface area contributed by atoms with E-state index in [1.807, 2.05) is 5.57 Å². The summed E-state index contributed by atoms with van der Waals surface area (Å²) in [7, 11) is 2.89. The first-order valence-corrected chi connectivity index (χ1v) is 8.13. The minimum atomic E-state index is 0.956. The van der Waals surface area contributed by atoms with Gasteiger partial charge in [0, 0.05) is 0 Å². The molecule has 0 aromatic carbocycles. The Morgan fingerprint density at radius 2 is 1.25 bits per heavy atom. The minimum absolute atomic E-state index is 0.956. The fourth-order valence-electron chi connectivity index (χ4n) is 3.67. The van der Waals surface area contributed by atoms with Crippen molar-refractivity contribution in [3.05, 3.63) is 11.6 Å². The van der Waals surface area contributed by atoms with Crippen molar-refractivity contribution in [1.29, 1.82) is 0 Å². The van der Waals surface area contributed by atoms with Crippen molar-refractivity contribution < 1.29 is 0 Å². The van der Waals surface area contributed by atoms with Gasteiger partial charge in [-0.3, -0.25) is 0 Å². The molecule has 0 heterocycles. The molecule has 2 aliphatic carbocycles. The largest absolute Gasteiger partial charge is 0.134 e. The molecule has 2 fully saturated rings. The van der Waals surface area contributed by atoms with Gasteiger partial charge >= 0.3 is 0 Å². The summed E-state index contributed by atoms with van der Waals surface area (Å²) in [6, 6.07) is 0. The SMILES string of the molecule is PCC=C(C1CCCCC1)C1CCCCC1. The molecular weight excluding hydrogens is 211 g/mol. The van der Waals surface area contributed by atoms with Crippen molar-refractivity contribution in [3.63, 3.8) is 0 Å². The summed E-state index contributed by atoms with van der Waals surface area (Å²) in [6.07, 6.45) is 18.5. The molecule has 0 aliphatic heterocycles. The van der Waals surface area contributed by atoms with E-state index >= 15 is 0 Å². The quantitative estimate of drug-likeness (QED) is 0.482. The first kappa shape index (κ1) is 12.6. The number of hydrogen-bond donors (Lipinski definition) is 0. The van der Waals surface area contributed by atoms with Crippen LogP contribution in [0.1, 0.15) is 64.2 Å². The Morgan fingerprint density at radius 3 is 1.62 bits per heavy atom. The lowest BCUT2D eigenvalue weighted by Crippen LogP contribution is -2.18. The molecule has 0 radical (unpaired) electrons. The summed E-state index contributed by atoms with van der Waals surface area (Å²) in [5.41, 5.74) is 1.86. The molecule has 1 unspecified atom stereocenters. The van der Waals surface area contributed by atoms with E-state index < -0.39 is 0 Å². The Hall–Kier alpha value is 0.170. The molecule has 0 saturated heterocycles. The molecule has 2 saturated carbocycles. The van der Waals surface area contributed by atoms with E-state index in [0.717, 1.165) is 11.8 Å². The van der Waals surface area contributed by atoms with E-state index in [1.165, 1.54) is 70.4 Å². The Balaban J connectivity index is 2.00. The average molecular weight is 238 g/mol. The molecule has 1 heteroatoms. The van der Waals surface area contributed by atoms with Crippen LogP contribution in [0, 0.1) is 11.8 Å². The zero-order valence-corrected chi connectivity index (χ0v) is 11.7. The second kappa shape index (κ2) is 6.80. The molecule has 0 bridgehead atoms. The molecule has 1 atom stereocenters. The van der Waals surface area contributed by atoms with Gasteiger partial charge in [-0.25, -0.2) is 0 Å². The molecule has 92 valence electrons. The van der Waals surface area contributed by atoms with Gasteiger partial charge in [0.15, 0.2) is 0 Å². The summed E-state index contributed by atoms with van der Waals surface area (Å²) in [5, 5.41) is 0. The molecule has 0 amide bonds. The van der Waals surface area contributed by atoms with Crippen LogP contribution in [0.15, 0.2) is 11.6 Å². The highest BCUT2D eigenvalue weighted by Gasteiger charge is 2.25. The fraction of sp³-hybridized carbons (Fsp3) is 0.867. The van der Waals surface area contributed by atoms with Crippen LogP contribution in [0.3, 0.4) is 0 Å². The Morgan fingerprint density at radius 1 is 0.812 bits per heavy atom. The van der Waals surface area contributed by atoms with Gasteiger partial charge in [0.25, 0.3) is 0 Å². The third-order valence-corrected chi connectivity index (χ3v) is 4.74. The van der Waals surface area contributed by atoms with E-state index in [1.54, 1.807) is 0 Å². The average Bonchev–Trinajstić information content (AvgIpc) is 2.38. The summed E-state index contributed by atoms with van der Waals surface area (Å²) in [6.45, 7) is 0. The maximum Gasteiger partial charge on any atom is -0.0197 e. The highest BCUT2D eigenvalue weighted by Crippen LogP contribution is 2.39. The Bertz CT molecular complexity index is 200. The second-order valence-corrected chi connectivity index (χ2v) is 6.08. The summed E-state index contributed by atoms with van der Waals surface area (Å²) in [5.74, 6) is 1.91. The van der Waals surface area contributed by atoms with Crippen molar-refractivity contribution >= 4 is 9.24 Å². The van der Waals surface area contributed by atoms with Gasteiger partial charge in [-0.05, 0) is 43.7 Å². The summed E-state index contributed by atoms with van der Waals surface area (Å²) in [4.78, 5) is 0. The first-order valence-electron chi connectivity index (χ1n) is 7.32. The van der Waals surface area contributed by atoms with Gasteiger partial charge in [0.1, 0.15) is 0 Å². The van der Waals surface area contributed by atoms with Crippen LogP contribution in [-0.4, -0.2) is 6.16 Å². The van der Waals surface area contributed by atoms with Gasteiger partial charge in [-0.2, -0.15) is 0 Å². The van der Waals surface area contributed by atoms with Crippen LogP contribution in [0.25, 0.3) is 0 Å². The zero-order chi connectivity index (χ0) is 11.2. The van der Waals surface area contributed by atoms with E-state index in [9.17, 15) is 0 Å². The molecule has 0 N–H and O–H groups in total. The van der Waals surface area contributed by atoms with Gasteiger partial charge in [-0.15, -0.1) is 9.24 Å². The fourth-order valence-corrected chi connectivity index (χ4v) is 3.95. The Labute approximate surface area is 103 Å². The monoisotopic (exact) mass is 238 g/mol.